The van der Waals surface area contributed by atoms with Gasteiger partial charge in [0.15, 0.2) is 0 Å². The number of hydrogen-bond donors (Lipinski definition) is 3. The van der Waals surface area contributed by atoms with Crippen LogP contribution in [0.5, 0.6) is 0 Å². The Morgan fingerprint density at radius 2 is 1.88 bits per heavy atom. The number of hydrogen-bond acceptors (Lipinski definition) is 2. The van der Waals surface area contributed by atoms with Crippen molar-refractivity contribution in [3.8, 4) is 0 Å². The normalized spacial score (nSPS) is 12.9. The summed E-state index contributed by atoms with van der Waals surface area (Å²) < 4.78 is 0. The van der Waals surface area contributed by atoms with Crippen LogP contribution in [0.25, 0.3) is 0 Å². The fourth-order valence-corrected chi connectivity index (χ4v) is 1.45. The van der Waals surface area contributed by atoms with Crippen molar-refractivity contribution in [2.45, 2.75) is 32.4 Å². The van der Waals surface area contributed by atoms with E-state index in [-0.39, 0.29) is 24.2 Å². The van der Waals surface area contributed by atoms with E-state index in [4.69, 9.17) is 0 Å². The van der Waals surface area contributed by atoms with Gasteiger partial charge in [-0.05, 0) is 26.3 Å². The van der Waals surface area contributed by atoms with Crippen LogP contribution in [0, 0.1) is 0 Å². The molecule has 17 heavy (non-hydrogen) atoms. The Morgan fingerprint density at radius 1 is 1.29 bits per heavy atom. The summed E-state index contributed by atoms with van der Waals surface area (Å²) in [6, 6.07) is 8.74. The highest BCUT2D eigenvalue weighted by Crippen LogP contribution is 2.11. The van der Waals surface area contributed by atoms with Crippen LogP contribution in [-0.4, -0.2) is 23.3 Å². The highest BCUT2D eigenvalue weighted by atomic mass is 16.3. The third-order valence-electron chi connectivity index (χ3n) is 2.18. The number of urea groups is 1. The minimum Gasteiger partial charge on any atom is -0.394 e. The Hall–Kier alpha value is -1.55. The molecule has 0 radical (unpaired) electrons. The van der Waals surface area contributed by atoms with Crippen molar-refractivity contribution in [2.75, 3.05) is 6.61 Å². The van der Waals surface area contributed by atoms with E-state index in [0.717, 1.165) is 5.56 Å². The summed E-state index contributed by atoms with van der Waals surface area (Å²) in [4.78, 5) is 11.7. The summed E-state index contributed by atoms with van der Waals surface area (Å²) in [5.74, 6) is 0. The number of rotatable bonds is 3. The Balaban J connectivity index is 2.62. The standard InChI is InChI=1S/C13H20N2O2/c1-13(2,3)15-12(17)14-11(9-16)10-7-5-4-6-8-10/h4-8,11,16H,9H2,1-3H3,(H2,14,15,17)/t11-/m1/s1. The fraction of sp³-hybridized carbons (Fsp3) is 0.462. The van der Waals surface area contributed by atoms with Crippen LogP contribution in [0.3, 0.4) is 0 Å². The second-order valence-electron chi connectivity index (χ2n) is 4.99. The maximum Gasteiger partial charge on any atom is 0.315 e. The molecule has 0 spiro atoms. The lowest BCUT2D eigenvalue weighted by Crippen LogP contribution is -2.47. The predicted octanol–water partition coefficient (Wildman–Crippen LogP) is 1.82. The second kappa shape index (κ2) is 5.68. The number of carbonyl (C=O) groups excluding carboxylic acids is 1. The van der Waals surface area contributed by atoms with Crippen molar-refractivity contribution >= 4 is 6.03 Å². The molecule has 94 valence electrons. The van der Waals surface area contributed by atoms with Crippen molar-refractivity contribution in [3.63, 3.8) is 0 Å². The number of aliphatic hydroxyl groups is 1. The van der Waals surface area contributed by atoms with Crippen molar-refractivity contribution < 1.29 is 9.90 Å². The van der Waals surface area contributed by atoms with Crippen LogP contribution in [-0.2, 0) is 0 Å². The van der Waals surface area contributed by atoms with Gasteiger partial charge < -0.3 is 15.7 Å². The van der Waals surface area contributed by atoms with Crippen molar-refractivity contribution in [3.05, 3.63) is 35.9 Å². The van der Waals surface area contributed by atoms with Gasteiger partial charge in [-0.2, -0.15) is 0 Å². The number of aliphatic hydroxyl groups excluding tert-OH is 1. The zero-order chi connectivity index (χ0) is 12.9. The van der Waals surface area contributed by atoms with Crippen LogP contribution in [0.2, 0.25) is 0 Å². The first-order valence-corrected chi connectivity index (χ1v) is 5.67. The topological polar surface area (TPSA) is 61.4 Å². The zero-order valence-corrected chi connectivity index (χ0v) is 10.5. The van der Waals surface area contributed by atoms with Gasteiger partial charge in [0.2, 0.25) is 0 Å². The van der Waals surface area contributed by atoms with Gasteiger partial charge in [0.25, 0.3) is 0 Å². The van der Waals surface area contributed by atoms with Gasteiger partial charge in [0.1, 0.15) is 0 Å². The van der Waals surface area contributed by atoms with Crippen molar-refractivity contribution in [1.29, 1.82) is 0 Å². The number of nitrogens with one attached hydrogen (secondary N) is 2. The van der Waals surface area contributed by atoms with Crippen molar-refractivity contribution in [2.24, 2.45) is 0 Å². The van der Waals surface area contributed by atoms with Gasteiger partial charge >= 0.3 is 6.03 Å². The van der Waals surface area contributed by atoms with E-state index in [1.54, 1.807) is 0 Å². The lowest BCUT2D eigenvalue weighted by atomic mass is 10.1. The van der Waals surface area contributed by atoms with E-state index in [9.17, 15) is 9.90 Å². The second-order valence-corrected chi connectivity index (χ2v) is 4.99. The Bertz CT molecular complexity index is 357. The molecule has 1 aromatic rings. The van der Waals surface area contributed by atoms with Crippen LogP contribution >= 0.6 is 0 Å². The molecule has 1 rings (SSSR count). The molecule has 0 aliphatic carbocycles. The molecule has 0 saturated heterocycles. The molecule has 4 nitrogen and oxygen atoms in total. The monoisotopic (exact) mass is 236 g/mol. The minimum atomic E-state index is -0.376. The molecule has 1 aromatic carbocycles. The lowest BCUT2D eigenvalue weighted by molar-refractivity contribution is 0.210. The summed E-state index contributed by atoms with van der Waals surface area (Å²) in [5.41, 5.74) is 0.597. The summed E-state index contributed by atoms with van der Waals surface area (Å²) in [7, 11) is 0. The van der Waals surface area contributed by atoms with Gasteiger partial charge in [0, 0.05) is 5.54 Å². The van der Waals surface area contributed by atoms with Gasteiger partial charge in [0.05, 0.1) is 12.6 Å². The molecule has 2 amide bonds. The molecule has 0 aliphatic heterocycles. The first-order chi connectivity index (χ1) is 7.92. The molecule has 0 saturated carbocycles. The molecule has 4 heteroatoms. The lowest BCUT2D eigenvalue weighted by Gasteiger charge is -2.23. The molecule has 0 fully saturated rings. The first kappa shape index (κ1) is 13.5. The number of carbonyl (C=O) groups is 1. The summed E-state index contributed by atoms with van der Waals surface area (Å²) >= 11 is 0. The quantitative estimate of drug-likeness (QED) is 0.749. The summed E-state index contributed by atoms with van der Waals surface area (Å²) in [6.45, 7) is 5.59. The largest absolute Gasteiger partial charge is 0.394 e. The number of benzene rings is 1. The average Bonchev–Trinajstić information content (AvgIpc) is 2.24. The van der Waals surface area contributed by atoms with Crippen LogP contribution in [0.4, 0.5) is 4.79 Å². The molecule has 0 aliphatic rings. The van der Waals surface area contributed by atoms with Crippen LogP contribution in [0.1, 0.15) is 32.4 Å². The highest BCUT2D eigenvalue weighted by molar-refractivity contribution is 5.75. The van der Waals surface area contributed by atoms with E-state index in [0.29, 0.717) is 0 Å². The third kappa shape index (κ3) is 4.87. The molecule has 0 heterocycles. The van der Waals surface area contributed by atoms with E-state index in [2.05, 4.69) is 10.6 Å². The average molecular weight is 236 g/mol. The SMILES string of the molecule is CC(C)(C)NC(=O)N[C@H](CO)c1ccccc1. The summed E-state index contributed by atoms with van der Waals surface area (Å²) in [6.07, 6.45) is 0. The first-order valence-electron chi connectivity index (χ1n) is 5.67. The van der Waals surface area contributed by atoms with E-state index < -0.39 is 0 Å². The fourth-order valence-electron chi connectivity index (χ4n) is 1.45. The number of amides is 2. The van der Waals surface area contributed by atoms with E-state index in [1.165, 1.54) is 0 Å². The molecule has 3 N–H and O–H groups in total. The maximum atomic E-state index is 11.7. The molecular weight excluding hydrogens is 216 g/mol. The maximum absolute atomic E-state index is 11.7. The highest BCUT2D eigenvalue weighted by Gasteiger charge is 2.17. The van der Waals surface area contributed by atoms with Gasteiger partial charge in [-0.15, -0.1) is 0 Å². The smallest absolute Gasteiger partial charge is 0.315 e. The van der Waals surface area contributed by atoms with Crippen LogP contribution < -0.4 is 10.6 Å². The Morgan fingerprint density at radius 3 is 2.35 bits per heavy atom. The molecule has 1 atom stereocenters. The molecule has 0 bridgehead atoms. The van der Waals surface area contributed by atoms with E-state index >= 15 is 0 Å². The van der Waals surface area contributed by atoms with Gasteiger partial charge in [-0.25, -0.2) is 4.79 Å². The molecular formula is C13H20N2O2. The Kier molecular flexibility index (Phi) is 4.52. The van der Waals surface area contributed by atoms with E-state index in [1.807, 2.05) is 51.1 Å². The molecule has 0 unspecified atom stereocenters. The Labute approximate surface area is 102 Å². The van der Waals surface area contributed by atoms with Gasteiger partial charge in [-0.3, -0.25) is 0 Å². The summed E-state index contributed by atoms with van der Waals surface area (Å²) in [5, 5.41) is 14.8. The molecule has 0 aromatic heterocycles. The van der Waals surface area contributed by atoms with Crippen molar-refractivity contribution in [1.82, 2.24) is 10.6 Å². The van der Waals surface area contributed by atoms with Crippen LogP contribution in [0.15, 0.2) is 30.3 Å². The zero-order valence-electron chi connectivity index (χ0n) is 10.5. The minimum absolute atomic E-state index is 0.123. The predicted molar refractivity (Wildman–Crippen MR) is 67.7 cm³/mol. The van der Waals surface area contributed by atoms with Gasteiger partial charge in [-0.1, -0.05) is 30.3 Å². The third-order valence-corrected chi connectivity index (χ3v) is 2.18.